The van der Waals surface area contributed by atoms with E-state index in [1.807, 2.05) is 0 Å². The normalized spacial score (nSPS) is 11.3. The largest absolute Gasteiger partial charge is 0.416 e. The first-order valence-corrected chi connectivity index (χ1v) is 6.02. The number of rotatable bonds is 2. The Morgan fingerprint density at radius 3 is 2.63 bits per heavy atom. The molecule has 0 aliphatic rings. The Morgan fingerprint density at radius 1 is 1.37 bits per heavy atom. The van der Waals surface area contributed by atoms with Gasteiger partial charge in [-0.15, -0.1) is 11.3 Å². The first-order chi connectivity index (χ1) is 8.90. The lowest BCUT2D eigenvalue weighted by Crippen LogP contribution is -2.06. The quantitative estimate of drug-likeness (QED) is 0.920. The van der Waals surface area contributed by atoms with Gasteiger partial charge in [0.15, 0.2) is 5.13 Å². The van der Waals surface area contributed by atoms with Crippen LogP contribution in [0.4, 0.5) is 18.3 Å². The second kappa shape index (κ2) is 4.90. The molecule has 0 spiro atoms. The second-order valence-electron chi connectivity index (χ2n) is 3.82. The summed E-state index contributed by atoms with van der Waals surface area (Å²) >= 11 is 1.25. The van der Waals surface area contributed by atoms with E-state index in [1.165, 1.54) is 17.4 Å². The van der Waals surface area contributed by atoms with Crippen LogP contribution in [0.3, 0.4) is 0 Å². The van der Waals surface area contributed by atoms with Gasteiger partial charge in [0.1, 0.15) is 0 Å². The van der Waals surface area contributed by atoms with E-state index in [1.54, 1.807) is 12.3 Å². The van der Waals surface area contributed by atoms with Crippen LogP contribution in [0.5, 0.6) is 0 Å². The number of hydrogen-bond acceptors (Lipinski definition) is 4. The van der Waals surface area contributed by atoms with Gasteiger partial charge in [-0.3, -0.25) is 0 Å². The number of nitrogens with two attached hydrogens (primary N) is 1. The highest BCUT2D eigenvalue weighted by atomic mass is 32.1. The lowest BCUT2D eigenvalue weighted by atomic mass is 10.0. The summed E-state index contributed by atoms with van der Waals surface area (Å²) in [5.41, 5.74) is 5.20. The van der Waals surface area contributed by atoms with Gasteiger partial charge in [-0.2, -0.15) is 18.4 Å². The Kier molecular flexibility index (Phi) is 3.44. The number of hydrogen-bond donors (Lipinski definition) is 1. The molecule has 2 aromatic rings. The molecular weight excluding hydrogens is 275 g/mol. The maximum atomic E-state index is 12.5. The molecule has 0 saturated heterocycles. The molecule has 2 rings (SSSR count). The van der Waals surface area contributed by atoms with Crippen LogP contribution in [-0.2, 0) is 12.6 Å². The SMILES string of the molecule is N#Cc1cc(C(F)(F)F)ccc1Cc1cnc(N)s1. The number of alkyl halides is 3. The first-order valence-electron chi connectivity index (χ1n) is 5.20. The molecule has 19 heavy (non-hydrogen) atoms. The van der Waals surface area contributed by atoms with Crippen LogP contribution in [0.1, 0.15) is 21.6 Å². The number of aromatic nitrogens is 1. The number of halogens is 3. The first kappa shape index (κ1) is 13.4. The van der Waals surface area contributed by atoms with Gasteiger partial charge in [0, 0.05) is 17.5 Å². The number of nitrogen functional groups attached to an aromatic ring is 1. The standard InChI is InChI=1S/C12H8F3N3S/c13-12(14,15)9-2-1-7(8(3-9)5-16)4-10-6-18-11(17)19-10/h1-3,6H,4H2,(H2,17,18). The topological polar surface area (TPSA) is 62.7 Å². The van der Waals surface area contributed by atoms with Crippen molar-refractivity contribution in [1.29, 1.82) is 5.26 Å². The summed E-state index contributed by atoms with van der Waals surface area (Å²) in [6, 6.07) is 4.94. The average Bonchev–Trinajstić information content (AvgIpc) is 2.74. The van der Waals surface area contributed by atoms with Crippen molar-refractivity contribution >= 4 is 16.5 Å². The molecule has 0 atom stereocenters. The van der Waals surface area contributed by atoms with Gasteiger partial charge in [-0.1, -0.05) is 6.07 Å². The van der Waals surface area contributed by atoms with Crippen molar-refractivity contribution in [2.24, 2.45) is 0 Å². The number of nitrogens with zero attached hydrogens (tertiary/aromatic N) is 2. The Labute approximate surface area is 111 Å². The van der Waals surface area contributed by atoms with Crippen molar-refractivity contribution in [3.8, 4) is 6.07 Å². The molecule has 1 aromatic carbocycles. The molecule has 98 valence electrons. The summed E-state index contributed by atoms with van der Waals surface area (Å²) < 4.78 is 37.6. The molecule has 0 aliphatic carbocycles. The fraction of sp³-hybridized carbons (Fsp3) is 0.167. The van der Waals surface area contributed by atoms with E-state index < -0.39 is 11.7 Å². The van der Waals surface area contributed by atoms with Crippen molar-refractivity contribution < 1.29 is 13.2 Å². The second-order valence-corrected chi connectivity index (χ2v) is 4.97. The van der Waals surface area contributed by atoms with Crippen molar-refractivity contribution in [1.82, 2.24) is 4.98 Å². The van der Waals surface area contributed by atoms with E-state index in [0.29, 0.717) is 17.1 Å². The van der Waals surface area contributed by atoms with Crippen LogP contribution in [0.25, 0.3) is 0 Å². The maximum absolute atomic E-state index is 12.5. The van der Waals surface area contributed by atoms with Crippen molar-refractivity contribution in [3.63, 3.8) is 0 Å². The third kappa shape index (κ3) is 3.03. The molecule has 3 nitrogen and oxygen atoms in total. The minimum Gasteiger partial charge on any atom is -0.375 e. The number of nitriles is 1. The zero-order valence-corrected chi connectivity index (χ0v) is 10.3. The molecule has 0 radical (unpaired) electrons. The maximum Gasteiger partial charge on any atom is 0.416 e. The highest BCUT2D eigenvalue weighted by Crippen LogP contribution is 2.31. The molecule has 0 saturated carbocycles. The van der Waals surface area contributed by atoms with Crippen molar-refractivity contribution in [2.75, 3.05) is 5.73 Å². The monoisotopic (exact) mass is 283 g/mol. The summed E-state index contributed by atoms with van der Waals surface area (Å²) in [6.07, 6.45) is -2.55. The van der Waals surface area contributed by atoms with Gasteiger partial charge in [-0.25, -0.2) is 4.98 Å². The highest BCUT2D eigenvalue weighted by Gasteiger charge is 2.31. The smallest absolute Gasteiger partial charge is 0.375 e. The fourth-order valence-corrected chi connectivity index (χ4v) is 2.31. The zero-order chi connectivity index (χ0) is 14.0. The van der Waals surface area contributed by atoms with Crippen LogP contribution in [0, 0.1) is 11.3 Å². The van der Waals surface area contributed by atoms with Crippen LogP contribution in [0.2, 0.25) is 0 Å². The van der Waals surface area contributed by atoms with Gasteiger partial charge in [0.2, 0.25) is 0 Å². The summed E-state index contributed by atoms with van der Waals surface area (Å²) in [5, 5.41) is 9.33. The molecule has 1 aromatic heterocycles. The van der Waals surface area contributed by atoms with E-state index in [2.05, 4.69) is 4.98 Å². The van der Waals surface area contributed by atoms with Gasteiger partial charge in [-0.05, 0) is 17.7 Å². The Hall–Kier alpha value is -2.07. The minimum absolute atomic E-state index is 0.0156. The lowest BCUT2D eigenvalue weighted by molar-refractivity contribution is -0.137. The van der Waals surface area contributed by atoms with Crippen molar-refractivity contribution in [2.45, 2.75) is 12.6 Å². The fourth-order valence-electron chi connectivity index (χ4n) is 1.60. The van der Waals surface area contributed by atoms with Gasteiger partial charge >= 0.3 is 6.18 Å². The van der Waals surface area contributed by atoms with Gasteiger partial charge in [0.25, 0.3) is 0 Å². The van der Waals surface area contributed by atoms with Gasteiger partial charge < -0.3 is 5.73 Å². The summed E-state index contributed by atoms with van der Waals surface area (Å²) in [6.45, 7) is 0. The third-order valence-corrected chi connectivity index (χ3v) is 3.32. The zero-order valence-electron chi connectivity index (χ0n) is 9.53. The Balaban J connectivity index is 2.34. The van der Waals surface area contributed by atoms with E-state index in [0.717, 1.165) is 17.0 Å². The van der Waals surface area contributed by atoms with Crippen LogP contribution < -0.4 is 5.73 Å². The lowest BCUT2D eigenvalue weighted by Gasteiger charge is -2.09. The Morgan fingerprint density at radius 2 is 2.11 bits per heavy atom. The predicted octanol–water partition coefficient (Wildman–Crippen LogP) is 3.21. The van der Waals surface area contributed by atoms with Crippen molar-refractivity contribution in [3.05, 3.63) is 46.0 Å². The summed E-state index contributed by atoms with van der Waals surface area (Å²) in [7, 11) is 0. The molecular formula is C12H8F3N3S. The molecule has 7 heteroatoms. The summed E-state index contributed by atoms with van der Waals surface area (Å²) in [5.74, 6) is 0. The van der Waals surface area contributed by atoms with E-state index >= 15 is 0 Å². The molecule has 0 bridgehead atoms. The molecule has 1 heterocycles. The van der Waals surface area contributed by atoms with Crippen LogP contribution in [-0.4, -0.2) is 4.98 Å². The highest BCUT2D eigenvalue weighted by molar-refractivity contribution is 7.15. The van der Waals surface area contributed by atoms with Crippen LogP contribution in [0.15, 0.2) is 24.4 Å². The molecule has 2 N–H and O–H groups in total. The third-order valence-electron chi connectivity index (χ3n) is 2.49. The Bertz CT molecular complexity index is 640. The molecule has 0 aliphatic heterocycles. The van der Waals surface area contributed by atoms with E-state index in [-0.39, 0.29) is 5.56 Å². The molecule has 0 fully saturated rings. The predicted molar refractivity (Wildman–Crippen MR) is 65.5 cm³/mol. The van der Waals surface area contributed by atoms with Gasteiger partial charge in [0.05, 0.1) is 17.2 Å². The number of thiazole rings is 1. The van der Waals surface area contributed by atoms with E-state index in [9.17, 15) is 13.2 Å². The number of benzene rings is 1. The average molecular weight is 283 g/mol. The summed E-state index contributed by atoms with van der Waals surface area (Å²) in [4.78, 5) is 4.66. The van der Waals surface area contributed by atoms with Crippen LogP contribution >= 0.6 is 11.3 Å². The minimum atomic E-state index is -4.45. The molecule has 0 unspecified atom stereocenters. The van der Waals surface area contributed by atoms with E-state index in [4.69, 9.17) is 11.0 Å². The molecule has 0 amide bonds. The number of anilines is 1.